The van der Waals surface area contributed by atoms with Crippen LogP contribution in [0.4, 0.5) is 4.39 Å². The molecule has 2 atom stereocenters. The Bertz CT molecular complexity index is 922. The minimum absolute atomic E-state index is 0. The molecule has 6 nitrogen and oxygen atoms in total. The molecule has 0 aliphatic carbocycles. The largest absolute Gasteiger partial charge is 0.457 e. The molecule has 8 heteroatoms. The van der Waals surface area contributed by atoms with Crippen LogP contribution in [-0.4, -0.2) is 41.9 Å². The SMILES string of the molecule is Cl.NCCc1ccc(Oc2ccc(F)c(C(=O)N3[C@@H]4CC[C@H]3CNC(=O)C4)c2)cc1. The normalized spacial score (nSPS) is 20.2. The summed E-state index contributed by atoms with van der Waals surface area (Å²) in [5, 5.41) is 2.83. The maximum absolute atomic E-state index is 14.5. The van der Waals surface area contributed by atoms with Crippen molar-refractivity contribution >= 4 is 24.2 Å². The lowest BCUT2D eigenvalue weighted by molar-refractivity contribution is -0.121. The van der Waals surface area contributed by atoms with Crippen molar-refractivity contribution in [1.29, 1.82) is 0 Å². The predicted octanol–water partition coefficient (Wildman–Crippen LogP) is 3.03. The number of carbonyl (C=O) groups excluding carboxylic acids is 2. The summed E-state index contributed by atoms with van der Waals surface area (Å²) in [7, 11) is 0. The number of benzene rings is 2. The molecule has 0 saturated carbocycles. The Morgan fingerprint density at radius 3 is 2.57 bits per heavy atom. The van der Waals surface area contributed by atoms with Gasteiger partial charge in [0.25, 0.3) is 5.91 Å². The van der Waals surface area contributed by atoms with E-state index in [2.05, 4.69) is 5.32 Å². The van der Waals surface area contributed by atoms with Crippen molar-refractivity contribution in [2.45, 2.75) is 37.8 Å². The topological polar surface area (TPSA) is 84.7 Å². The molecule has 2 aliphatic rings. The molecule has 2 amide bonds. The maximum atomic E-state index is 14.5. The van der Waals surface area contributed by atoms with Crippen molar-refractivity contribution in [3.63, 3.8) is 0 Å². The highest BCUT2D eigenvalue weighted by molar-refractivity contribution is 5.96. The monoisotopic (exact) mass is 433 g/mol. The van der Waals surface area contributed by atoms with Gasteiger partial charge in [0, 0.05) is 25.0 Å². The Morgan fingerprint density at radius 2 is 1.83 bits per heavy atom. The van der Waals surface area contributed by atoms with E-state index in [4.69, 9.17) is 10.5 Å². The number of nitrogens with one attached hydrogen (secondary N) is 1. The predicted molar refractivity (Wildman–Crippen MR) is 114 cm³/mol. The van der Waals surface area contributed by atoms with Gasteiger partial charge in [-0.3, -0.25) is 9.59 Å². The Labute approximate surface area is 181 Å². The van der Waals surface area contributed by atoms with Gasteiger partial charge in [-0.15, -0.1) is 12.4 Å². The van der Waals surface area contributed by atoms with Crippen molar-refractivity contribution in [3.8, 4) is 11.5 Å². The van der Waals surface area contributed by atoms with Crippen molar-refractivity contribution in [1.82, 2.24) is 10.2 Å². The zero-order chi connectivity index (χ0) is 20.4. The first kappa shape index (κ1) is 22.1. The van der Waals surface area contributed by atoms with Gasteiger partial charge in [0.1, 0.15) is 17.3 Å². The van der Waals surface area contributed by atoms with Gasteiger partial charge in [-0.05, 0) is 61.7 Å². The number of ether oxygens (including phenoxy) is 1. The molecule has 2 bridgehead atoms. The Balaban J connectivity index is 0.00000256. The molecule has 2 heterocycles. The van der Waals surface area contributed by atoms with E-state index in [0.29, 0.717) is 24.6 Å². The Kier molecular flexibility index (Phi) is 6.95. The summed E-state index contributed by atoms with van der Waals surface area (Å²) in [6.45, 7) is 0.983. The summed E-state index contributed by atoms with van der Waals surface area (Å²) >= 11 is 0. The fraction of sp³-hybridized carbons (Fsp3) is 0.364. The molecule has 0 spiro atoms. The van der Waals surface area contributed by atoms with Gasteiger partial charge in [0.15, 0.2) is 0 Å². The van der Waals surface area contributed by atoms with E-state index in [1.54, 1.807) is 4.90 Å². The molecule has 4 rings (SSSR count). The summed E-state index contributed by atoms with van der Waals surface area (Å²) < 4.78 is 20.3. The number of fused-ring (bicyclic) bond motifs is 2. The smallest absolute Gasteiger partial charge is 0.257 e. The molecule has 0 unspecified atom stereocenters. The average Bonchev–Trinajstić information content (AvgIpc) is 3.02. The van der Waals surface area contributed by atoms with E-state index in [1.807, 2.05) is 24.3 Å². The van der Waals surface area contributed by atoms with Crippen LogP contribution in [0.1, 0.15) is 35.2 Å². The second-order valence-electron chi connectivity index (χ2n) is 7.53. The lowest BCUT2D eigenvalue weighted by Crippen LogP contribution is -2.42. The summed E-state index contributed by atoms with van der Waals surface area (Å²) in [5.74, 6) is -0.0671. The first-order valence-electron chi connectivity index (χ1n) is 9.91. The number of nitrogens with two attached hydrogens (primary N) is 1. The molecule has 160 valence electrons. The van der Waals surface area contributed by atoms with Crippen LogP contribution in [0.25, 0.3) is 0 Å². The van der Waals surface area contributed by atoms with E-state index in [0.717, 1.165) is 24.8 Å². The van der Waals surface area contributed by atoms with Crippen LogP contribution in [0.15, 0.2) is 42.5 Å². The number of rotatable bonds is 5. The third-order valence-electron chi connectivity index (χ3n) is 5.57. The number of hydrogen-bond acceptors (Lipinski definition) is 4. The van der Waals surface area contributed by atoms with Crippen LogP contribution in [0, 0.1) is 5.82 Å². The van der Waals surface area contributed by atoms with E-state index < -0.39 is 11.7 Å². The van der Waals surface area contributed by atoms with Crippen molar-refractivity contribution in [2.24, 2.45) is 5.73 Å². The van der Waals surface area contributed by atoms with Crippen LogP contribution >= 0.6 is 12.4 Å². The van der Waals surface area contributed by atoms with Crippen LogP contribution in [0.2, 0.25) is 0 Å². The van der Waals surface area contributed by atoms with Crippen molar-refractivity contribution in [2.75, 3.05) is 13.1 Å². The second-order valence-corrected chi connectivity index (χ2v) is 7.53. The maximum Gasteiger partial charge on any atom is 0.257 e. The minimum Gasteiger partial charge on any atom is -0.457 e. The fourth-order valence-electron chi connectivity index (χ4n) is 4.11. The molecular formula is C22H25ClFN3O3. The number of carbonyl (C=O) groups is 2. The highest BCUT2D eigenvalue weighted by Crippen LogP contribution is 2.32. The van der Waals surface area contributed by atoms with E-state index >= 15 is 0 Å². The quantitative estimate of drug-likeness (QED) is 0.759. The number of nitrogens with zero attached hydrogens (tertiary/aromatic N) is 1. The number of hydrogen-bond donors (Lipinski definition) is 2. The zero-order valence-electron chi connectivity index (χ0n) is 16.5. The minimum atomic E-state index is -0.594. The third-order valence-corrected chi connectivity index (χ3v) is 5.57. The highest BCUT2D eigenvalue weighted by Gasteiger charge is 2.41. The van der Waals surface area contributed by atoms with Gasteiger partial charge in [0.05, 0.1) is 5.56 Å². The number of amides is 2. The summed E-state index contributed by atoms with van der Waals surface area (Å²) in [4.78, 5) is 26.6. The van der Waals surface area contributed by atoms with Crippen molar-refractivity contribution < 1.29 is 18.7 Å². The van der Waals surface area contributed by atoms with Gasteiger partial charge in [-0.25, -0.2) is 4.39 Å². The van der Waals surface area contributed by atoms with Crippen LogP contribution in [0.5, 0.6) is 11.5 Å². The summed E-state index contributed by atoms with van der Waals surface area (Å²) in [5.41, 5.74) is 6.63. The first-order chi connectivity index (χ1) is 14.0. The molecule has 0 aromatic heterocycles. The molecule has 3 N–H and O–H groups in total. The van der Waals surface area contributed by atoms with Crippen LogP contribution in [0.3, 0.4) is 0 Å². The molecule has 2 saturated heterocycles. The first-order valence-corrected chi connectivity index (χ1v) is 9.91. The molecule has 2 fully saturated rings. The lowest BCUT2D eigenvalue weighted by Gasteiger charge is -2.27. The molecule has 2 aromatic rings. The van der Waals surface area contributed by atoms with E-state index in [9.17, 15) is 14.0 Å². The van der Waals surface area contributed by atoms with Gasteiger partial charge in [-0.1, -0.05) is 12.1 Å². The van der Waals surface area contributed by atoms with Crippen molar-refractivity contribution in [3.05, 3.63) is 59.4 Å². The highest BCUT2D eigenvalue weighted by atomic mass is 35.5. The van der Waals surface area contributed by atoms with E-state index in [-0.39, 0.29) is 42.4 Å². The van der Waals surface area contributed by atoms with Crippen LogP contribution in [-0.2, 0) is 11.2 Å². The second kappa shape index (κ2) is 9.45. The number of halogens is 2. The summed E-state index contributed by atoms with van der Waals surface area (Å²) in [6.07, 6.45) is 2.61. The molecule has 0 radical (unpaired) electrons. The van der Waals surface area contributed by atoms with Crippen LogP contribution < -0.4 is 15.8 Å². The van der Waals surface area contributed by atoms with E-state index in [1.165, 1.54) is 18.2 Å². The van der Waals surface area contributed by atoms with Gasteiger partial charge in [-0.2, -0.15) is 0 Å². The summed E-state index contributed by atoms with van der Waals surface area (Å²) in [6, 6.07) is 11.4. The molecule has 2 aromatic carbocycles. The molecule has 30 heavy (non-hydrogen) atoms. The van der Waals surface area contributed by atoms with Gasteiger partial charge in [0.2, 0.25) is 5.91 Å². The Morgan fingerprint density at radius 1 is 1.13 bits per heavy atom. The average molecular weight is 434 g/mol. The van der Waals surface area contributed by atoms with Gasteiger partial charge < -0.3 is 20.7 Å². The Hall–Kier alpha value is -2.64. The fourth-order valence-corrected chi connectivity index (χ4v) is 4.11. The standard InChI is InChI=1S/C22H24FN3O3.ClH/c23-20-8-7-18(29-17-5-1-14(2-6-17)9-10-24)12-19(20)22(28)26-15-3-4-16(26)13-25-21(27)11-15;/h1-2,5-8,12,15-16H,3-4,9-11,13,24H2,(H,25,27);1H/t15-,16+;/m1./s1. The molecule has 2 aliphatic heterocycles. The molecular weight excluding hydrogens is 409 g/mol. The lowest BCUT2D eigenvalue weighted by atomic mass is 10.1. The zero-order valence-corrected chi connectivity index (χ0v) is 17.3. The van der Waals surface area contributed by atoms with Gasteiger partial charge >= 0.3 is 0 Å². The third kappa shape index (κ3) is 4.57.